The molecule has 0 aliphatic heterocycles. The third-order valence-corrected chi connectivity index (χ3v) is 3.53. The molecule has 0 aromatic heterocycles. The average Bonchev–Trinajstić information content (AvgIpc) is 2.53. The van der Waals surface area contributed by atoms with Crippen molar-refractivity contribution in [3.8, 4) is 11.1 Å². The molecule has 0 bridgehead atoms. The Morgan fingerprint density at radius 2 is 1.25 bits per heavy atom. The maximum atomic E-state index is 9.75. The fourth-order valence-corrected chi connectivity index (χ4v) is 2.62. The van der Waals surface area contributed by atoms with Crippen molar-refractivity contribution in [3.63, 3.8) is 0 Å². The van der Waals surface area contributed by atoms with Crippen molar-refractivity contribution < 1.29 is 22.2 Å². The van der Waals surface area contributed by atoms with E-state index < -0.39 is 7.25 Å². The Morgan fingerprint density at radius 3 is 1.79 bits per heavy atom. The van der Waals surface area contributed by atoms with Gasteiger partial charge in [-0.15, -0.1) is 0 Å². The maximum Gasteiger partial charge on any atom is 0.673 e. The molecule has 6 heteroatoms. The lowest BCUT2D eigenvalue weighted by Gasteiger charge is -2.13. The summed E-state index contributed by atoms with van der Waals surface area (Å²) in [6.07, 6.45) is 0. The molecule has 0 atom stereocenters. The molecule has 1 N–H and O–H groups in total. The molecule has 0 saturated carbocycles. The van der Waals surface area contributed by atoms with Gasteiger partial charge in [-0.05, 0) is 22.6 Å². The van der Waals surface area contributed by atoms with Crippen LogP contribution in [0.1, 0.15) is 0 Å². The summed E-state index contributed by atoms with van der Waals surface area (Å²) >= 11 is 0. The maximum absolute atomic E-state index is 9.75. The highest BCUT2D eigenvalue weighted by atomic mass is 19.5. The Kier molecular flexibility index (Phi) is 5.62. The first-order valence-corrected chi connectivity index (χ1v) is 7.52. The van der Waals surface area contributed by atoms with Gasteiger partial charge >= 0.3 is 7.25 Å². The molecule has 0 radical (unpaired) electrons. The van der Waals surface area contributed by atoms with Gasteiger partial charge in [-0.1, -0.05) is 60.7 Å². The summed E-state index contributed by atoms with van der Waals surface area (Å²) < 4.78 is 39.0. The minimum Gasteiger partial charge on any atom is -0.418 e. The van der Waals surface area contributed by atoms with Gasteiger partial charge in [-0.25, -0.2) is 0 Å². The highest BCUT2D eigenvalue weighted by molar-refractivity contribution is 6.50. The highest BCUT2D eigenvalue weighted by Crippen LogP contribution is 2.32. The summed E-state index contributed by atoms with van der Waals surface area (Å²) in [6.45, 7) is 0. The van der Waals surface area contributed by atoms with Crippen LogP contribution in [0.3, 0.4) is 0 Å². The smallest absolute Gasteiger partial charge is 0.418 e. The molecule has 0 heterocycles. The van der Waals surface area contributed by atoms with E-state index in [4.69, 9.17) is 0 Å². The molecule has 3 aromatic rings. The quantitative estimate of drug-likeness (QED) is 0.516. The van der Waals surface area contributed by atoms with Gasteiger partial charge in [0.1, 0.15) is 5.69 Å². The van der Waals surface area contributed by atoms with E-state index >= 15 is 0 Å². The van der Waals surface area contributed by atoms with Gasteiger partial charge in [-0.2, -0.15) is 0 Å². The lowest BCUT2D eigenvalue weighted by molar-refractivity contribution is -0.785. The Hall–Kier alpha value is -2.34. The van der Waals surface area contributed by atoms with Crippen molar-refractivity contribution in [2.75, 3.05) is 14.1 Å². The zero-order valence-corrected chi connectivity index (χ0v) is 13.4. The van der Waals surface area contributed by atoms with E-state index in [1.54, 1.807) is 0 Å². The zero-order chi connectivity index (χ0) is 17.7. The largest absolute Gasteiger partial charge is 0.673 e. The Balaban J connectivity index is 0.000000368. The van der Waals surface area contributed by atoms with Crippen LogP contribution in [0.5, 0.6) is 0 Å². The van der Waals surface area contributed by atoms with Gasteiger partial charge in [0.25, 0.3) is 0 Å². The molecule has 0 saturated heterocycles. The zero-order valence-electron chi connectivity index (χ0n) is 13.4. The van der Waals surface area contributed by atoms with E-state index in [9.17, 15) is 17.3 Å². The van der Waals surface area contributed by atoms with Crippen molar-refractivity contribution in [1.29, 1.82) is 0 Å². The molecule has 0 unspecified atom stereocenters. The third-order valence-electron chi connectivity index (χ3n) is 3.53. The van der Waals surface area contributed by atoms with Crippen LogP contribution in [0.15, 0.2) is 66.7 Å². The van der Waals surface area contributed by atoms with Gasteiger partial charge in [0, 0.05) is 0 Å². The van der Waals surface area contributed by atoms with Crippen molar-refractivity contribution in [1.82, 2.24) is 0 Å². The lowest BCUT2D eigenvalue weighted by atomic mass is 9.97. The molecular weight excluding hydrogens is 317 g/mol. The summed E-state index contributed by atoms with van der Waals surface area (Å²) in [7, 11) is -1.65. The fourth-order valence-electron chi connectivity index (χ4n) is 2.62. The Morgan fingerprint density at radius 1 is 0.708 bits per heavy atom. The molecule has 0 aliphatic carbocycles. The summed E-state index contributed by atoms with van der Waals surface area (Å²) in [5, 5.41) is 2.66. The van der Waals surface area contributed by atoms with Gasteiger partial charge in [-0.3, -0.25) is 0 Å². The van der Waals surface area contributed by atoms with E-state index in [2.05, 4.69) is 80.8 Å². The van der Waals surface area contributed by atoms with Crippen LogP contribution in [-0.4, -0.2) is 21.3 Å². The Bertz CT molecular complexity index is 790. The van der Waals surface area contributed by atoms with Crippen LogP contribution in [0, 0.1) is 0 Å². The van der Waals surface area contributed by atoms with Crippen LogP contribution >= 0.6 is 0 Å². The van der Waals surface area contributed by atoms with Gasteiger partial charge < -0.3 is 22.2 Å². The van der Waals surface area contributed by atoms with E-state index in [-0.39, 0.29) is 0 Å². The van der Waals surface area contributed by atoms with Crippen molar-refractivity contribution in [2.45, 2.75) is 0 Å². The second kappa shape index (κ2) is 7.49. The third kappa shape index (κ3) is 4.83. The fraction of sp³-hybridized carbons (Fsp3) is 0.111. The normalized spacial score (nSPS) is 11.3. The predicted molar refractivity (Wildman–Crippen MR) is 92.0 cm³/mol. The molecular formula is C18H18BF4N. The number of halogens is 4. The van der Waals surface area contributed by atoms with E-state index in [0.29, 0.717) is 0 Å². The number of quaternary nitrogens is 1. The van der Waals surface area contributed by atoms with Crippen LogP contribution < -0.4 is 4.90 Å². The molecule has 3 rings (SSSR count). The van der Waals surface area contributed by atoms with Crippen molar-refractivity contribution in [3.05, 3.63) is 66.7 Å². The standard InChI is InChI=1S/C18H17N.BF4/c1-19(2)17-13-7-11-15-10-6-12-16(18(15)17)14-8-4-3-5-9-14;2-1(3,4)5/h3-13H,1-2H3;/q;-1/p+1. The number of hydrogen-bond acceptors (Lipinski definition) is 0. The van der Waals surface area contributed by atoms with Gasteiger partial charge in [0.15, 0.2) is 0 Å². The SMILES string of the molecule is C[NH+](C)c1cccc2cccc(-c3ccccc3)c12.F[B-](F)(F)F. The number of rotatable bonds is 2. The molecule has 0 fully saturated rings. The highest BCUT2D eigenvalue weighted by Gasteiger charge is 2.20. The molecule has 1 nitrogen and oxygen atoms in total. The van der Waals surface area contributed by atoms with Crippen LogP contribution in [-0.2, 0) is 0 Å². The second-order valence-electron chi connectivity index (χ2n) is 5.57. The van der Waals surface area contributed by atoms with Crippen LogP contribution in [0.25, 0.3) is 21.9 Å². The molecule has 0 amide bonds. The van der Waals surface area contributed by atoms with Crippen molar-refractivity contribution in [2.24, 2.45) is 0 Å². The number of fused-ring (bicyclic) bond motifs is 1. The van der Waals surface area contributed by atoms with E-state index in [1.807, 2.05) is 0 Å². The van der Waals surface area contributed by atoms with Crippen LogP contribution in [0.2, 0.25) is 0 Å². The topological polar surface area (TPSA) is 4.44 Å². The minimum atomic E-state index is -6.00. The minimum absolute atomic E-state index is 1.28. The second-order valence-corrected chi connectivity index (χ2v) is 5.57. The molecule has 24 heavy (non-hydrogen) atoms. The average molecular weight is 335 g/mol. The first-order valence-electron chi connectivity index (χ1n) is 7.52. The van der Waals surface area contributed by atoms with Gasteiger partial charge in [0.05, 0.1) is 19.5 Å². The molecule has 0 spiro atoms. The number of hydrogen-bond donors (Lipinski definition) is 1. The Labute approximate surface area is 138 Å². The summed E-state index contributed by atoms with van der Waals surface area (Å²) in [5.74, 6) is 0. The number of benzene rings is 3. The van der Waals surface area contributed by atoms with Gasteiger partial charge in [0.2, 0.25) is 0 Å². The lowest BCUT2D eigenvalue weighted by Crippen LogP contribution is -3.00. The van der Waals surface area contributed by atoms with E-state index in [1.165, 1.54) is 32.5 Å². The molecule has 3 aromatic carbocycles. The molecule has 0 aliphatic rings. The summed E-state index contributed by atoms with van der Waals surface area (Å²) in [6, 6.07) is 23.7. The predicted octanol–water partition coefficient (Wildman–Crippen LogP) is 4.58. The van der Waals surface area contributed by atoms with Crippen molar-refractivity contribution >= 4 is 23.7 Å². The summed E-state index contributed by atoms with van der Waals surface area (Å²) in [5.41, 5.74) is 3.94. The van der Waals surface area contributed by atoms with E-state index in [0.717, 1.165) is 0 Å². The summed E-state index contributed by atoms with van der Waals surface area (Å²) in [4.78, 5) is 1.36. The van der Waals surface area contributed by atoms with Crippen LogP contribution in [0.4, 0.5) is 23.0 Å². The first-order chi connectivity index (χ1) is 11.3. The number of nitrogens with one attached hydrogen (secondary N) is 1. The molecule has 126 valence electrons. The monoisotopic (exact) mass is 335 g/mol. The first kappa shape index (κ1) is 18.0.